The summed E-state index contributed by atoms with van der Waals surface area (Å²) in [6, 6.07) is 3.50. The molecular formula is C6H5N3O. The van der Waals surface area contributed by atoms with Gasteiger partial charge in [0.2, 0.25) is 6.39 Å². The van der Waals surface area contributed by atoms with Gasteiger partial charge in [-0.3, -0.25) is 0 Å². The third-order valence-electron chi connectivity index (χ3n) is 1.31. The van der Waals surface area contributed by atoms with Crippen LogP contribution < -0.4 is 5.73 Å². The number of anilines is 1. The molecule has 2 aliphatic rings. The third-order valence-corrected chi connectivity index (χ3v) is 1.31. The minimum Gasteiger partial charge on any atom is -0.442 e. The van der Waals surface area contributed by atoms with E-state index in [1.807, 2.05) is 0 Å². The zero-order chi connectivity index (χ0) is 6.97. The smallest absolute Gasteiger partial charge is 0.201 e. The van der Waals surface area contributed by atoms with E-state index in [9.17, 15) is 0 Å². The molecule has 4 heteroatoms. The Bertz CT molecular complexity index is 317. The SMILES string of the molecule is Nc1ccc2ocnnc1-2. The molecule has 0 aromatic carbocycles. The molecule has 0 atom stereocenters. The van der Waals surface area contributed by atoms with Crippen molar-refractivity contribution in [1.82, 2.24) is 10.2 Å². The predicted molar refractivity (Wildman–Crippen MR) is 35.3 cm³/mol. The average Bonchev–Trinajstić information content (AvgIpc) is 2.34. The van der Waals surface area contributed by atoms with Gasteiger partial charge in [0.25, 0.3) is 0 Å². The van der Waals surface area contributed by atoms with Crippen molar-refractivity contribution in [3.63, 3.8) is 0 Å². The van der Waals surface area contributed by atoms with E-state index in [1.54, 1.807) is 12.1 Å². The lowest BCUT2D eigenvalue weighted by Gasteiger charge is -1.92. The van der Waals surface area contributed by atoms with Crippen molar-refractivity contribution in [2.45, 2.75) is 0 Å². The highest BCUT2D eigenvalue weighted by atomic mass is 16.3. The molecule has 0 fully saturated rings. The van der Waals surface area contributed by atoms with Crippen molar-refractivity contribution in [2.75, 3.05) is 5.73 Å². The Labute approximate surface area is 57.0 Å². The maximum absolute atomic E-state index is 5.51. The van der Waals surface area contributed by atoms with Crippen molar-refractivity contribution in [3.8, 4) is 11.5 Å². The second-order valence-corrected chi connectivity index (χ2v) is 1.94. The Hall–Kier alpha value is -1.58. The molecule has 2 N–H and O–H groups in total. The van der Waals surface area contributed by atoms with Gasteiger partial charge in [-0.25, -0.2) is 0 Å². The number of fused-ring (bicyclic) bond motifs is 1. The number of aromatic nitrogens is 2. The Morgan fingerprint density at radius 2 is 2.30 bits per heavy atom. The van der Waals surface area contributed by atoms with Crippen LogP contribution in [-0.2, 0) is 0 Å². The fraction of sp³-hybridized carbons (Fsp3) is 0. The van der Waals surface area contributed by atoms with E-state index in [1.165, 1.54) is 6.39 Å². The van der Waals surface area contributed by atoms with Gasteiger partial charge in [0, 0.05) is 0 Å². The van der Waals surface area contributed by atoms with Gasteiger partial charge < -0.3 is 10.2 Å². The molecule has 0 bridgehead atoms. The van der Waals surface area contributed by atoms with Gasteiger partial charge in [-0.05, 0) is 12.1 Å². The molecule has 4 nitrogen and oxygen atoms in total. The van der Waals surface area contributed by atoms with E-state index in [-0.39, 0.29) is 0 Å². The maximum atomic E-state index is 5.51. The lowest BCUT2D eigenvalue weighted by Crippen LogP contribution is -1.89. The number of nitrogens with two attached hydrogens (primary N) is 1. The van der Waals surface area contributed by atoms with E-state index >= 15 is 0 Å². The van der Waals surface area contributed by atoms with Crippen LogP contribution in [0.25, 0.3) is 11.5 Å². The largest absolute Gasteiger partial charge is 0.442 e. The van der Waals surface area contributed by atoms with E-state index in [2.05, 4.69) is 10.2 Å². The molecule has 1 aliphatic heterocycles. The minimum atomic E-state index is 0.604. The summed E-state index contributed by atoms with van der Waals surface area (Å²) in [5.74, 6) is 0.674. The molecule has 0 radical (unpaired) electrons. The zero-order valence-electron chi connectivity index (χ0n) is 5.11. The van der Waals surface area contributed by atoms with Gasteiger partial charge in [-0.15, -0.1) is 10.2 Å². The fourth-order valence-electron chi connectivity index (χ4n) is 0.829. The molecule has 10 heavy (non-hydrogen) atoms. The summed E-state index contributed by atoms with van der Waals surface area (Å²) in [5, 5.41) is 7.32. The lowest BCUT2D eigenvalue weighted by molar-refractivity contribution is 0.525. The second-order valence-electron chi connectivity index (χ2n) is 1.94. The summed E-state index contributed by atoms with van der Waals surface area (Å²) < 4.78 is 4.98. The molecule has 0 unspecified atom stereocenters. The first-order valence-electron chi connectivity index (χ1n) is 2.82. The number of hydrogen-bond acceptors (Lipinski definition) is 4. The number of hydrogen-bond donors (Lipinski definition) is 1. The predicted octanol–water partition coefficient (Wildman–Crippen LogP) is 0.757. The van der Waals surface area contributed by atoms with Crippen LogP contribution in [0.15, 0.2) is 22.9 Å². The average molecular weight is 135 g/mol. The molecule has 0 spiro atoms. The van der Waals surface area contributed by atoms with E-state index < -0.39 is 0 Å². The summed E-state index contributed by atoms with van der Waals surface area (Å²) in [6.45, 7) is 0. The minimum absolute atomic E-state index is 0.604. The molecule has 50 valence electrons. The van der Waals surface area contributed by atoms with E-state index in [0.29, 0.717) is 17.1 Å². The first-order chi connectivity index (χ1) is 4.88. The van der Waals surface area contributed by atoms with Crippen molar-refractivity contribution in [3.05, 3.63) is 18.5 Å². The summed E-state index contributed by atoms with van der Waals surface area (Å²) in [7, 11) is 0. The third kappa shape index (κ3) is 0.556. The Kier molecular flexibility index (Phi) is 0.887. The first kappa shape index (κ1) is 5.22. The van der Waals surface area contributed by atoms with Crippen LogP contribution in [0.3, 0.4) is 0 Å². The fourth-order valence-corrected chi connectivity index (χ4v) is 0.829. The highest BCUT2D eigenvalue weighted by molar-refractivity contribution is 5.71. The maximum Gasteiger partial charge on any atom is 0.201 e. The summed E-state index contributed by atoms with van der Waals surface area (Å²) in [6.07, 6.45) is 1.28. The van der Waals surface area contributed by atoms with Crippen LogP contribution >= 0.6 is 0 Å². The number of nitrogens with zero attached hydrogens (tertiary/aromatic N) is 2. The molecule has 0 saturated heterocycles. The van der Waals surface area contributed by atoms with Crippen LogP contribution in [0.5, 0.6) is 0 Å². The van der Waals surface area contributed by atoms with Gasteiger partial charge in [0.05, 0.1) is 5.69 Å². The van der Waals surface area contributed by atoms with Crippen LogP contribution in [0, 0.1) is 0 Å². The molecule has 0 aromatic heterocycles. The van der Waals surface area contributed by atoms with Crippen molar-refractivity contribution >= 4 is 5.69 Å². The monoisotopic (exact) mass is 135 g/mol. The molecule has 0 aromatic rings. The van der Waals surface area contributed by atoms with Crippen molar-refractivity contribution < 1.29 is 4.42 Å². The van der Waals surface area contributed by atoms with Crippen LogP contribution in [0.2, 0.25) is 0 Å². The molecule has 0 amide bonds. The van der Waals surface area contributed by atoms with Crippen molar-refractivity contribution in [1.29, 1.82) is 0 Å². The molecule has 0 saturated carbocycles. The van der Waals surface area contributed by atoms with E-state index in [0.717, 1.165) is 0 Å². The molecule has 1 aliphatic carbocycles. The van der Waals surface area contributed by atoms with Crippen molar-refractivity contribution in [2.24, 2.45) is 0 Å². The molecule has 1 heterocycles. The van der Waals surface area contributed by atoms with Gasteiger partial charge in [0.15, 0.2) is 11.5 Å². The van der Waals surface area contributed by atoms with Gasteiger partial charge >= 0.3 is 0 Å². The topological polar surface area (TPSA) is 64.9 Å². The second kappa shape index (κ2) is 1.70. The summed E-state index contributed by atoms with van der Waals surface area (Å²) in [5.41, 5.74) is 6.74. The number of rotatable bonds is 0. The summed E-state index contributed by atoms with van der Waals surface area (Å²) in [4.78, 5) is 0. The quantitative estimate of drug-likeness (QED) is 0.579. The Balaban J connectivity index is 2.78. The number of nitrogen functional groups attached to an aromatic ring is 1. The first-order valence-corrected chi connectivity index (χ1v) is 2.82. The van der Waals surface area contributed by atoms with Gasteiger partial charge in [0.1, 0.15) is 0 Å². The summed E-state index contributed by atoms with van der Waals surface area (Å²) >= 11 is 0. The van der Waals surface area contributed by atoms with Crippen LogP contribution in [0.1, 0.15) is 0 Å². The van der Waals surface area contributed by atoms with Gasteiger partial charge in [-0.1, -0.05) is 0 Å². The van der Waals surface area contributed by atoms with Crippen LogP contribution in [0.4, 0.5) is 5.69 Å². The normalized spacial score (nSPS) is 10.4. The standard InChI is InChI=1S/C6H5N3O/c7-4-1-2-5-6(4)9-8-3-10-5/h1-3H,7H2. The van der Waals surface area contributed by atoms with E-state index in [4.69, 9.17) is 10.2 Å². The zero-order valence-corrected chi connectivity index (χ0v) is 5.11. The Morgan fingerprint density at radius 3 is 3.10 bits per heavy atom. The highest BCUT2D eigenvalue weighted by Crippen LogP contribution is 2.25. The molecule has 2 rings (SSSR count). The lowest BCUT2D eigenvalue weighted by atomic mass is 10.4. The molecular weight excluding hydrogens is 130 g/mol. The highest BCUT2D eigenvalue weighted by Gasteiger charge is 2.09. The van der Waals surface area contributed by atoms with Gasteiger partial charge in [-0.2, -0.15) is 0 Å². The Morgan fingerprint density at radius 1 is 1.40 bits per heavy atom. The van der Waals surface area contributed by atoms with Crippen LogP contribution in [-0.4, -0.2) is 10.2 Å².